The van der Waals surface area contributed by atoms with Gasteiger partial charge in [0.05, 0.1) is 0 Å². The van der Waals surface area contributed by atoms with Crippen LogP contribution in [0.1, 0.15) is 46.0 Å². The van der Waals surface area contributed by atoms with Crippen LogP contribution < -0.4 is 5.32 Å². The molecule has 92 valence electrons. The third kappa shape index (κ3) is 3.22. The standard InChI is InChI=1S/C12H21NO3/c1-3-5-10(12(15)16)13-11(14)9-7-4-6-8(9)2/h8-10H,3-7H2,1-2H3,(H,13,14)(H,15,16)/t8?,9?,10-/m0/s1. The zero-order valence-electron chi connectivity index (χ0n) is 10.0. The quantitative estimate of drug-likeness (QED) is 0.752. The molecule has 16 heavy (non-hydrogen) atoms. The van der Waals surface area contributed by atoms with Crippen molar-refractivity contribution in [2.75, 3.05) is 0 Å². The second-order valence-electron chi connectivity index (χ2n) is 4.70. The first-order chi connectivity index (χ1) is 7.56. The average molecular weight is 227 g/mol. The molecule has 1 fully saturated rings. The van der Waals surface area contributed by atoms with E-state index in [1.165, 1.54) is 0 Å². The Morgan fingerprint density at radius 2 is 2.12 bits per heavy atom. The Hall–Kier alpha value is -1.06. The third-order valence-electron chi connectivity index (χ3n) is 3.39. The van der Waals surface area contributed by atoms with E-state index in [9.17, 15) is 9.59 Å². The van der Waals surface area contributed by atoms with Gasteiger partial charge in [-0.3, -0.25) is 4.79 Å². The summed E-state index contributed by atoms with van der Waals surface area (Å²) in [5.74, 6) is -0.610. The molecule has 0 saturated heterocycles. The summed E-state index contributed by atoms with van der Waals surface area (Å²) in [5, 5.41) is 11.6. The first-order valence-corrected chi connectivity index (χ1v) is 6.09. The molecule has 2 unspecified atom stereocenters. The van der Waals surface area contributed by atoms with Crippen molar-refractivity contribution in [3.63, 3.8) is 0 Å². The van der Waals surface area contributed by atoms with Crippen molar-refractivity contribution in [1.82, 2.24) is 5.32 Å². The molecule has 0 aromatic heterocycles. The molecule has 0 aromatic carbocycles. The van der Waals surface area contributed by atoms with Gasteiger partial charge in [0.15, 0.2) is 0 Å². The maximum atomic E-state index is 11.9. The van der Waals surface area contributed by atoms with Crippen LogP contribution in [0.15, 0.2) is 0 Å². The van der Waals surface area contributed by atoms with E-state index in [4.69, 9.17) is 5.11 Å². The number of carboxylic acid groups (broad SMARTS) is 1. The molecular formula is C12H21NO3. The van der Waals surface area contributed by atoms with Gasteiger partial charge in [-0.1, -0.05) is 26.7 Å². The molecule has 1 saturated carbocycles. The average Bonchev–Trinajstić information content (AvgIpc) is 2.63. The van der Waals surface area contributed by atoms with Gasteiger partial charge in [0.25, 0.3) is 0 Å². The van der Waals surface area contributed by atoms with Crippen LogP contribution in [0.3, 0.4) is 0 Å². The molecule has 0 spiro atoms. The molecule has 1 rings (SSSR count). The second-order valence-corrected chi connectivity index (χ2v) is 4.70. The molecule has 1 aliphatic rings. The van der Waals surface area contributed by atoms with Gasteiger partial charge in [-0.05, 0) is 25.2 Å². The van der Waals surface area contributed by atoms with Gasteiger partial charge >= 0.3 is 5.97 Å². The zero-order valence-corrected chi connectivity index (χ0v) is 10.0. The number of nitrogens with one attached hydrogen (secondary N) is 1. The van der Waals surface area contributed by atoms with Crippen LogP contribution in [0.2, 0.25) is 0 Å². The first kappa shape index (κ1) is 13.0. The summed E-state index contributed by atoms with van der Waals surface area (Å²) >= 11 is 0. The number of hydrogen-bond donors (Lipinski definition) is 2. The summed E-state index contributed by atoms with van der Waals surface area (Å²) in [6.45, 7) is 3.98. The lowest BCUT2D eigenvalue weighted by atomic mass is 9.96. The van der Waals surface area contributed by atoms with Crippen molar-refractivity contribution in [1.29, 1.82) is 0 Å². The third-order valence-corrected chi connectivity index (χ3v) is 3.39. The largest absolute Gasteiger partial charge is 0.480 e. The lowest BCUT2D eigenvalue weighted by Gasteiger charge is -2.19. The first-order valence-electron chi connectivity index (χ1n) is 6.09. The highest BCUT2D eigenvalue weighted by Gasteiger charge is 2.31. The number of amides is 1. The Bertz CT molecular complexity index is 265. The van der Waals surface area contributed by atoms with Crippen LogP contribution >= 0.6 is 0 Å². The number of aliphatic carboxylic acids is 1. The monoisotopic (exact) mass is 227 g/mol. The van der Waals surface area contributed by atoms with E-state index in [1.54, 1.807) is 0 Å². The molecule has 0 aromatic rings. The van der Waals surface area contributed by atoms with Gasteiger partial charge in [-0.2, -0.15) is 0 Å². The maximum absolute atomic E-state index is 11.9. The minimum absolute atomic E-state index is 0.0127. The normalized spacial score (nSPS) is 26.4. The smallest absolute Gasteiger partial charge is 0.326 e. The molecule has 0 heterocycles. The van der Waals surface area contributed by atoms with Crippen molar-refractivity contribution in [3.8, 4) is 0 Å². The number of carbonyl (C=O) groups excluding carboxylic acids is 1. The van der Waals surface area contributed by atoms with Gasteiger partial charge in [-0.25, -0.2) is 4.79 Å². The van der Waals surface area contributed by atoms with E-state index in [-0.39, 0.29) is 11.8 Å². The number of rotatable bonds is 5. The minimum Gasteiger partial charge on any atom is -0.480 e. The highest BCUT2D eigenvalue weighted by Crippen LogP contribution is 2.31. The molecule has 2 N–H and O–H groups in total. The topological polar surface area (TPSA) is 66.4 Å². The van der Waals surface area contributed by atoms with E-state index in [2.05, 4.69) is 12.2 Å². The highest BCUT2D eigenvalue weighted by atomic mass is 16.4. The predicted octanol–water partition coefficient (Wildman–Crippen LogP) is 1.79. The molecule has 4 nitrogen and oxygen atoms in total. The lowest BCUT2D eigenvalue weighted by molar-refractivity contribution is -0.142. The van der Waals surface area contributed by atoms with Crippen LogP contribution in [-0.4, -0.2) is 23.0 Å². The van der Waals surface area contributed by atoms with E-state index in [0.29, 0.717) is 12.3 Å². The molecule has 0 aliphatic heterocycles. The maximum Gasteiger partial charge on any atom is 0.326 e. The summed E-state index contributed by atoms with van der Waals surface area (Å²) in [7, 11) is 0. The van der Waals surface area contributed by atoms with E-state index < -0.39 is 12.0 Å². The SMILES string of the molecule is CCC[C@H](NC(=O)C1CCCC1C)C(=O)O. The fourth-order valence-electron chi connectivity index (χ4n) is 2.36. The van der Waals surface area contributed by atoms with Gasteiger partial charge in [0, 0.05) is 5.92 Å². The minimum atomic E-state index is -0.930. The van der Waals surface area contributed by atoms with Crippen molar-refractivity contribution in [3.05, 3.63) is 0 Å². The number of carbonyl (C=O) groups is 2. The van der Waals surface area contributed by atoms with Crippen molar-refractivity contribution in [2.45, 2.75) is 52.0 Å². The molecule has 1 amide bonds. The summed E-state index contributed by atoms with van der Waals surface area (Å²) in [4.78, 5) is 22.8. The number of carboxylic acids is 1. The summed E-state index contributed by atoms with van der Waals surface area (Å²) in [6, 6.07) is -0.717. The fraction of sp³-hybridized carbons (Fsp3) is 0.833. The molecule has 1 aliphatic carbocycles. The van der Waals surface area contributed by atoms with Crippen molar-refractivity contribution < 1.29 is 14.7 Å². The van der Waals surface area contributed by atoms with E-state index >= 15 is 0 Å². The van der Waals surface area contributed by atoms with Crippen LogP contribution in [0.25, 0.3) is 0 Å². The molecule has 0 radical (unpaired) electrons. The molecule has 4 heteroatoms. The van der Waals surface area contributed by atoms with Gasteiger partial charge in [0.2, 0.25) is 5.91 Å². The van der Waals surface area contributed by atoms with Gasteiger partial charge in [0.1, 0.15) is 6.04 Å². The predicted molar refractivity (Wildman–Crippen MR) is 61.0 cm³/mol. The Morgan fingerprint density at radius 3 is 2.56 bits per heavy atom. The Labute approximate surface area is 96.4 Å². The van der Waals surface area contributed by atoms with E-state index in [1.807, 2.05) is 6.92 Å². The van der Waals surface area contributed by atoms with E-state index in [0.717, 1.165) is 25.7 Å². The number of hydrogen-bond acceptors (Lipinski definition) is 2. The van der Waals surface area contributed by atoms with Gasteiger partial charge < -0.3 is 10.4 Å². The van der Waals surface area contributed by atoms with Crippen LogP contribution in [0.5, 0.6) is 0 Å². The van der Waals surface area contributed by atoms with Crippen LogP contribution in [0, 0.1) is 11.8 Å². The second kappa shape index (κ2) is 5.87. The van der Waals surface area contributed by atoms with Crippen LogP contribution in [-0.2, 0) is 9.59 Å². The van der Waals surface area contributed by atoms with Crippen molar-refractivity contribution >= 4 is 11.9 Å². The van der Waals surface area contributed by atoms with Crippen molar-refractivity contribution in [2.24, 2.45) is 11.8 Å². The molecular weight excluding hydrogens is 206 g/mol. The van der Waals surface area contributed by atoms with Crippen LogP contribution in [0.4, 0.5) is 0 Å². The summed E-state index contributed by atoms with van der Waals surface area (Å²) in [5.41, 5.74) is 0. The zero-order chi connectivity index (χ0) is 12.1. The summed E-state index contributed by atoms with van der Waals surface area (Å²) < 4.78 is 0. The molecule has 3 atom stereocenters. The lowest BCUT2D eigenvalue weighted by Crippen LogP contribution is -2.44. The highest BCUT2D eigenvalue weighted by molar-refractivity contribution is 5.85. The molecule has 0 bridgehead atoms. The Balaban J connectivity index is 2.50. The fourth-order valence-corrected chi connectivity index (χ4v) is 2.36. The summed E-state index contributed by atoms with van der Waals surface area (Å²) in [6.07, 6.45) is 4.31. The van der Waals surface area contributed by atoms with Gasteiger partial charge in [-0.15, -0.1) is 0 Å². The Kier molecular flexibility index (Phi) is 4.77. The Morgan fingerprint density at radius 1 is 1.44 bits per heavy atom.